The zero-order chi connectivity index (χ0) is 29.2. The van der Waals surface area contributed by atoms with Crippen LogP contribution in [-0.4, -0.2) is 31.8 Å². The highest BCUT2D eigenvalue weighted by atomic mass is 35.5. The van der Waals surface area contributed by atoms with E-state index < -0.39 is 11.8 Å². The molecule has 0 aromatic heterocycles. The van der Waals surface area contributed by atoms with Gasteiger partial charge in [0.2, 0.25) is 0 Å². The number of carbonyl (C=O) groups is 3. The molecule has 0 aliphatic heterocycles. The van der Waals surface area contributed by atoms with Gasteiger partial charge in [0.05, 0.1) is 14.2 Å². The molecule has 2 amide bonds. The maximum absolute atomic E-state index is 13.2. The number of carbonyl (C=O) groups excluding carboxylic acids is 3. The first-order valence-corrected chi connectivity index (χ1v) is 12.9. The molecule has 4 aromatic rings. The van der Waals surface area contributed by atoms with E-state index in [1.54, 1.807) is 117 Å². The lowest BCUT2D eigenvalue weighted by Crippen LogP contribution is -2.30. The van der Waals surface area contributed by atoms with Crippen LogP contribution in [0.5, 0.6) is 11.5 Å². The minimum Gasteiger partial charge on any atom is -0.493 e. The molecule has 4 aromatic carbocycles. The number of hydrogen-bond donors (Lipinski definition) is 2. The SMILES string of the molecule is COc1ccc(/C=C/C(=O)c2ccc(NC(=O)/C(=C/c3cccc(Cl)c3)NC(=O)c3ccccc3)cc2)cc1OC. The molecule has 4 rings (SSSR count). The lowest BCUT2D eigenvalue weighted by Gasteiger charge is -2.12. The van der Waals surface area contributed by atoms with Crippen LogP contribution in [-0.2, 0) is 4.79 Å². The average Bonchev–Trinajstić information content (AvgIpc) is 3.00. The second-order valence-corrected chi connectivity index (χ2v) is 9.21. The predicted molar refractivity (Wildman–Crippen MR) is 161 cm³/mol. The van der Waals surface area contributed by atoms with Gasteiger partial charge >= 0.3 is 0 Å². The van der Waals surface area contributed by atoms with Gasteiger partial charge in [0, 0.05) is 21.8 Å². The quantitative estimate of drug-likeness (QED) is 0.165. The van der Waals surface area contributed by atoms with E-state index in [1.165, 1.54) is 6.08 Å². The summed E-state index contributed by atoms with van der Waals surface area (Å²) < 4.78 is 10.5. The van der Waals surface area contributed by atoms with Gasteiger partial charge in [0.1, 0.15) is 5.70 Å². The Morgan fingerprint density at radius 2 is 1.46 bits per heavy atom. The normalized spacial score (nSPS) is 11.1. The molecule has 0 fully saturated rings. The number of amides is 2. The second kappa shape index (κ2) is 13.8. The monoisotopic (exact) mass is 566 g/mol. The van der Waals surface area contributed by atoms with E-state index in [0.717, 1.165) is 5.56 Å². The summed E-state index contributed by atoms with van der Waals surface area (Å²) in [6.07, 6.45) is 4.68. The maximum atomic E-state index is 13.2. The van der Waals surface area contributed by atoms with Crippen LogP contribution in [0, 0.1) is 0 Å². The molecule has 0 saturated carbocycles. The molecule has 0 bridgehead atoms. The maximum Gasteiger partial charge on any atom is 0.272 e. The number of ether oxygens (including phenoxy) is 2. The van der Waals surface area contributed by atoms with Crippen LogP contribution in [0.2, 0.25) is 5.02 Å². The van der Waals surface area contributed by atoms with Gasteiger partial charge in [0.15, 0.2) is 17.3 Å². The van der Waals surface area contributed by atoms with Crippen LogP contribution in [0.15, 0.2) is 109 Å². The van der Waals surface area contributed by atoms with Gasteiger partial charge in [-0.05, 0) is 83.9 Å². The van der Waals surface area contributed by atoms with E-state index in [0.29, 0.717) is 38.9 Å². The first-order valence-electron chi connectivity index (χ1n) is 12.6. The van der Waals surface area contributed by atoms with E-state index in [9.17, 15) is 14.4 Å². The third kappa shape index (κ3) is 7.94. The Hall–Kier alpha value is -5.14. The average molecular weight is 567 g/mol. The molecule has 0 heterocycles. The number of rotatable bonds is 10. The van der Waals surface area contributed by atoms with E-state index >= 15 is 0 Å². The Morgan fingerprint density at radius 1 is 0.732 bits per heavy atom. The fraction of sp³-hybridized carbons (Fsp3) is 0.0606. The molecule has 0 saturated heterocycles. The van der Waals surface area contributed by atoms with Crippen molar-refractivity contribution in [2.45, 2.75) is 0 Å². The fourth-order valence-corrected chi connectivity index (χ4v) is 4.05. The summed E-state index contributed by atoms with van der Waals surface area (Å²) in [5.74, 6) is -0.0306. The summed E-state index contributed by atoms with van der Waals surface area (Å²) in [4.78, 5) is 38.8. The highest BCUT2D eigenvalue weighted by molar-refractivity contribution is 6.30. The summed E-state index contributed by atoms with van der Waals surface area (Å²) in [5, 5.41) is 5.95. The van der Waals surface area contributed by atoms with E-state index in [2.05, 4.69) is 10.6 Å². The van der Waals surface area contributed by atoms with Crippen molar-refractivity contribution in [2.75, 3.05) is 19.5 Å². The number of benzene rings is 4. The first-order chi connectivity index (χ1) is 19.9. The molecule has 8 heteroatoms. The molecule has 2 N–H and O–H groups in total. The van der Waals surface area contributed by atoms with Crippen molar-refractivity contribution < 1.29 is 23.9 Å². The van der Waals surface area contributed by atoms with Gasteiger partial charge in [-0.25, -0.2) is 0 Å². The number of halogens is 1. The topological polar surface area (TPSA) is 93.7 Å². The van der Waals surface area contributed by atoms with Crippen LogP contribution in [0.25, 0.3) is 12.2 Å². The fourth-order valence-electron chi connectivity index (χ4n) is 3.85. The molecule has 7 nitrogen and oxygen atoms in total. The molecular formula is C33H27ClN2O5. The van der Waals surface area contributed by atoms with Gasteiger partial charge in [-0.1, -0.05) is 54.1 Å². The molecule has 0 spiro atoms. The predicted octanol–water partition coefficient (Wildman–Crippen LogP) is 6.66. The standard InChI is InChI=1S/C33H27ClN2O5/c1-40-30-18-12-22(21-31(30)41-2)11-17-29(37)24-13-15-27(16-14-24)35-33(39)28(20-23-7-6-10-26(34)19-23)36-32(38)25-8-4-3-5-9-25/h3-21H,1-2H3,(H,35,39)(H,36,38)/b17-11+,28-20-. The summed E-state index contributed by atoms with van der Waals surface area (Å²) in [7, 11) is 3.10. The van der Waals surface area contributed by atoms with E-state index in [1.807, 2.05) is 6.07 Å². The van der Waals surface area contributed by atoms with E-state index in [-0.39, 0.29) is 11.5 Å². The van der Waals surface area contributed by atoms with E-state index in [4.69, 9.17) is 21.1 Å². The van der Waals surface area contributed by atoms with Crippen LogP contribution in [0.3, 0.4) is 0 Å². The van der Waals surface area contributed by atoms with Crippen molar-refractivity contribution >= 4 is 47.0 Å². The van der Waals surface area contributed by atoms with Gasteiger partial charge in [-0.2, -0.15) is 0 Å². The van der Waals surface area contributed by atoms with Crippen LogP contribution in [0.4, 0.5) is 5.69 Å². The Balaban J connectivity index is 1.48. The molecule has 0 unspecified atom stereocenters. The molecule has 0 radical (unpaired) electrons. The van der Waals surface area contributed by atoms with Crippen LogP contribution < -0.4 is 20.1 Å². The van der Waals surface area contributed by atoms with Crippen LogP contribution >= 0.6 is 11.6 Å². The number of anilines is 1. The zero-order valence-corrected chi connectivity index (χ0v) is 23.1. The summed E-state index contributed by atoms with van der Waals surface area (Å²) in [6, 6.07) is 27.3. The third-order valence-corrected chi connectivity index (χ3v) is 6.19. The van der Waals surface area contributed by atoms with Gasteiger partial charge in [-0.15, -0.1) is 0 Å². The van der Waals surface area contributed by atoms with Crippen molar-refractivity contribution in [3.8, 4) is 11.5 Å². The van der Waals surface area contributed by atoms with Crippen molar-refractivity contribution in [1.82, 2.24) is 5.32 Å². The van der Waals surface area contributed by atoms with Crippen molar-refractivity contribution in [3.05, 3.63) is 136 Å². The number of allylic oxidation sites excluding steroid dienone is 1. The second-order valence-electron chi connectivity index (χ2n) is 8.78. The molecule has 0 aliphatic rings. The lowest BCUT2D eigenvalue weighted by atomic mass is 10.1. The van der Waals surface area contributed by atoms with Crippen LogP contribution in [0.1, 0.15) is 31.8 Å². The Morgan fingerprint density at radius 3 is 2.15 bits per heavy atom. The highest BCUT2D eigenvalue weighted by Gasteiger charge is 2.15. The van der Waals surface area contributed by atoms with Gasteiger partial charge in [0.25, 0.3) is 11.8 Å². The number of methoxy groups -OCH3 is 2. The largest absolute Gasteiger partial charge is 0.493 e. The minimum atomic E-state index is -0.540. The summed E-state index contributed by atoms with van der Waals surface area (Å²) in [5.41, 5.74) is 2.73. The Bertz CT molecular complexity index is 1610. The van der Waals surface area contributed by atoms with Crippen molar-refractivity contribution in [1.29, 1.82) is 0 Å². The molecular weight excluding hydrogens is 540 g/mol. The molecule has 0 atom stereocenters. The van der Waals surface area contributed by atoms with Crippen molar-refractivity contribution in [2.24, 2.45) is 0 Å². The third-order valence-electron chi connectivity index (χ3n) is 5.95. The molecule has 206 valence electrons. The Labute approximate surface area is 243 Å². The lowest BCUT2D eigenvalue weighted by molar-refractivity contribution is -0.113. The van der Waals surface area contributed by atoms with Gasteiger partial charge < -0.3 is 20.1 Å². The van der Waals surface area contributed by atoms with Gasteiger partial charge in [-0.3, -0.25) is 14.4 Å². The zero-order valence-electron chi connectivity index (χ0n) is 22.4. The minimum absolute atomic E-state index is 0.0270. The number of hydrogen-bond acceptors (Lipinski definition) is 5. The van der Waals surface area contributed by atoms with Crippen molar-refractivity contribution in [3.63, 3.8) is 0 Å². The smallest absolute Gasteiger partial charge is 0.272 e. The number of ketones is 1. The summed E-state index contributed by atoms with van der Waals surface area (Å²) >= 11 is 6.10. The first kappa shape index (κ1) is 28.9. The number of nitrogens with one attached hydrogen (secondary N) is 2. The highest BCUT2D eigenvalue weighted by Crippen LogP contribution is 2.28. The molecule has 0 aliphatic carbocycles. The summed E-state index contributed by atoms with van der Waals surface area (Å²) in [6.45, 7) is 0. The molecule has 41 heavy (non-hydrogen) atoms. The Kier molecular flexibility index (Phi) is 9.70.